The minimum Gasteiger partial charge on any atom is -0.496 e. The number of halogens is 1. The Kier molecular flexibility index (Phi) is 7.36. The Morgan fingerprint density at radius 1 is 1.03 bits per heavy atom. The average Bonchev–Trinajstić information content (AvgIpc) is 2.77. The van der Waals surface area contributed by atoms with E-state index < -0.39 is 0 Å². The molecule has 0 saturated carbocycles. The standard InChI is InChI=1S/C25H26ClNO3/c1-4-22(19-10-12-23(29-3)17(2)14-19)27-25(28)21-15-20(26)11-13-24(21)30-16-18-8-6-5-7-9-18/h5-15,22H,4,16H2,1-3H3,(H,27,28)/t22-/m1/s1. The molecular formula is C25H26ClNO3. The molecule has 1 amide bonds. The highest BCUT2D eigenvalue weighted by atomic mass is 35.5. The topological polar surface area (TPSA) is 47.6 Å². The number of hydrogen-bond acceptors (Lipinski definition) is 3. The van der Waals surface area contributed by atoms with Crippen LogP contribution in [0.25, 0.3) is 0 Å². The van der Waals surface area contributed by atoms with Crippen molar-refractivity contribution in [1.82, 2.24) is 5.32 Å². The number of hydrogen-bond donors (Lipinski definition) is 1. The Balaban J connectivity index is 1.79. The molecule has 3 rings (SSSR count). The fourth-order valence-electron chi connectivity index (χ4n) is 3.32. The van der Waals surface area contributed by atoms with E-state index in [1.807, 2.05) is 62.4 Å². The second-order valence-corrected chi connectivity index (χ2v) is 7.51. The number of ether oxygens (including phenoxy) is 2. The summed E-state index contributed by atoms with van der Waals surface area (Å²) in [7, 11) is 1.65. The van der Waals surface area contributed by atoms with Gasteiger partial charge in [0.2, 0.25) is 0 Å². The van der Waals surface area contributed by atoms with Gasteiger partial charge in [-0.05, 0) is 54.3 Å². The Bertz CT molecular complexity index is 1000. The molecule has 0 saturated heterocycles. The molecule has 0 aliphatic carbocycles. The highest BCUT2D eigenvalue weighted by molar-refractivity contribution is 6.31. The third kappa shape index (κ3) is 5.33. The van der Waals surface area contributed by atoms with Gasteiger partial charge in [-0.1, -0.05) is 61.0 Å². The van der Waals surface area contributed by atoms with E-state index in [2.05, 4.69) is 5.32 Å². The molecular weight excluding hydrogens is 398 g/mol. The maximum Gasteiger partial charge on any atom is 0.255 e. The van der Waals surface area contributed by atoms with Crippen molar-refractivity contribution in [2.75, 3.05) is 7.11 Å². The van der Waals surface area contributed by atoms with Crippen molar-refractivity contribution in [2.24, 2.45) is 0 Å². The minimum atomic E-state index is -0.221. The Labute approximate surface area is 182 Å². The predicted octanol–water partition coefficient (Wildman–Crippen LogP) is 6.12. The largest absolute Gasteiger partial charge is 0.496 e. The van der Waals surface area contributed by atoms with Crippen LogP contribution in [-0.4, -0.2) is 13.0 Å². The van der Waals surface area contributed by atoms with E-state index >= 15 is 0 Å². The normalized spacial score (nSPS) is 11.6. The number of carbonyl (C=O) groups excluding carboxylic acids is 1. The van der Waals surface area contributed by atoms with Gasteiger partial charge in [-0.3, -0.25) is 4.79 Å². The van der Waals surface area contributed by atoms with Crippen molar-refractivity contribution in [3.63, 3.8) is 0 Å². The number of carbonyl (C=O) groups is 1. The number of methoxy groups -OCH3 is 1. The predicted molar refractivity (Wildman–Crippen MR) is 120 cm³/mol. The lowest BCUT2D eigenvalue weighted by Crippen LogP contribution is -2.28. The fraction of sp³-hybridized carbons (Fsp3) is 0.240. The van der Waals surface area contributed by atoms with Gasteiger partial charge in [0, 0.05) is 5.02 Å². The van der Waals surface area contributed by atoms with E-state index in [0.717, 1.165) is 28.9 Å². The van der Waals surface area contributed by atoms with Crippen LogP contribution in [0.1, 0.15) is 46.4 Å². The summed E-state index contributed by atoms with van der Waals surface area (Å²) in [5, 5.41) is 3.60. The van der Waals surface area contributed by atoms with Gasteiger partial charge in [0.25, 0.3) is 5.91 Å². The van der Waals surface area contributed by atoms with Crippen molar-refractivity contribution >= 4 is 17.5 Å². The Morgan fingerprint density at radius 3 is 2.43 bits per heavy atom. The number of aryl methyl sites for hydroxylation is 1. The lowest BCUT2D eigenvalue weighted by atomic mass is 10.0. The number of amides is 1. The molecule has 0 radical (unpaired) electrons. The van der Waals surface area contributed by atoms with Crippen LogP contribution in [0.4, 0.5) is 0 Å². The van der Waals surface area contributed by atoms with Crippen LogP contribution in [0.3, 0.4) is 0 Å². The molecule has 0 spiro atoms. The van der Waals surface area contributed by atoms with E-state index in [0.29, 0.717) is 22.9 Å². The van der Waals surface area contributed by atoms with Crippen LogP contribution < -0.4 is 14.8 Å². The molecule has 30 heavy (non-hydrogen) atoms. The first-order valence-corrected chi connectivity index (χ1v) is 10.3. The van der Waals surface area contributed by atoms with E-state index in [1.165, 1.54) is 0 Å². The van der Waals surface area contributed by atoms with Gasteiger partial charge < -0.3 is 14.8 Å². The quantitative estimate of drug-likeness (QED) is 0.475. The third-order valence-electron chi connectivity index (χ3n) is 4.96. The molecule has 0 aromatic heterocycles. The molecule has 1 atom stereocenters. The Hall–Kier alpha value is -2.98. The van der Waals surface area contributed by atoms with Gasteiger partial charge in [-0.2, -0.15) is 0 Å². The van der Waals surface area contributed by atoms with E-state index in [4.69, 9.17) is 21.1 Å². The second-order valence-electron chi connectivity index (χ2n) is 7.08. The van der Waals surface area contributed by atoms with E-state index in [1.54, 1.807) is 25.3 Å². The summed E-state index contributed by atoms with van der Waals surface area (Å²) in [5.41, 5.74) is 3.50. The maximum atomic E-state index is 13.1. The van der Waals surface area contributed by atoms with Crippen molar-refractivity contribution in [1.29, 1.82) is 0 Å². The molecule has 156 valence electrons. The molecule has 0 unspecified atom stereocenters. The van der Waals surface area contributed by atoms with Gasteiger partial charge in [-0.25, -0.2) is 0 Å². The first kappa shape index (κ1) is 21.7. The first-order valence-electron chi connectivity index (χ1n) is 9.93. The van der Waals surface area contributed by atoms with Crippen molar-refractivity contribution in [3.8, 4) is 11.5 Å². The second kappa shape index (κ2) is 10.2. The summed E-state index contributed by atoms with van der Waals surface area (Å²) in [6, 6.07) is 20.7. The van der Waals surface area contributed by atoms with Crippen LogP contribution in [0.5, 0.6) is 11.5 Å². The first-order chi connectivity index (χ1) is 14.5. The summed E-state index contributed by atoms with van der Waals surface area (Å²) < 4.78 is 11.3. The molecule has 1 N–H and O–H groups in total. The van der Waals surface area contributed by atoms with Gasteiger partial charge in [-0.15, -0.1) is 0 Å². The molecule has 0 bridgehead atoms. The lowest BCUT2D eigenvalue weighted by Gasteiger charge is -2.20. The SMILES string of the molecule is CC[C@@H](NC(=O)c1cc(Cl)ccc1OCc1ccccc1)c1ccc(OC)c(C)c1. The summed E-state index contributed by atoms with van der Waals surface area (Å²) >= 11 is 6.17. The molecule has 3 aromatic rings. The van der Waals surface area contributed by atoms with Gasteiger partial charge in [0.05, 0.1) is 18.7 Å². The molecule has 5 heteroatoms. The molecule has 3 aromatic carbocycles. The highest BCUT2D eigenvalue weighted by Gasteiger charge is 2.19. The summed E-state index contributed by atoms with van der Waals surface area (Å²) in [5.74, 6) is 1.11. The molecule has 0 aliphatic heterocycles. The third-order valence-corrected chi connectivity index (χ3v) is 5.19. The zero-order valence-corrected chi connectivity index (χ0v) is 18.2. The van der Waals surface area contributed by atoms with Gasteiger partial charge in [0.15, 0.2) is 0 Å². The maximum absolute atomic E-state index is 13.1. The zero-order chi connectivity index (χ0) is 21.5. The summed E-state index contributed by atoms with van der Waals surface area (Å²) in [6.07, 6.45) is 0.748. The Morgan fingerprint density at radius 2 is 1.77 bits per heavy atom. The van der Waals surface area contributed by atoms with Gasteiger partial charge >= 0.3 is 0 Å². The van der Waals surface area contributed by atoms with Crippen LogP contribution in [0, 0.1) is 6.92 Å². The number of rotatable bonds is 8. The highest BCUT2D eigenvalue weighted by Crippen LogP contribution is 2.27. The molecule has 0 heterocycles. The van der Waals surface area contributed by atoms with Crippen LogP contribution >= 0.6 is 11.6 Å². The molecule has 0 aliphatic rings. The fourth-order valence-corrected chi connectivity index (χ4v) is 3.49. The minimum absolute atomic E-state index is 0.136. The smallest absolute Gasteiger partial charge is 0.255 e. The van der Waals surface area contributed by atoms with Crippen molar-refractivity contribution < 1.29 is 14.3 Å². The van der Waals surface area contributed by atoms with Crippen LogP contribution in [0.15, 0.2) is 66.7 Å². The van der Waals surface area contributed by atoms with Crippen LogP contribution in [-0.2, 0) is 6.61 Å². The lowest BCUT2D eigenvalue weighted by molar-refractivity contribution is 0.0931. The number of benzene rings is 3. The average molecular weight is 424 g/mol. The van der Waals surface area contributed by atoms with Gasteiger partial charge in [0.1, 0.15) is 18.1 Å². The monoisotopic (exact) mass is 423 g/mol. The number of nitrogens with one attached hydrogen (secondary N) is 1. The van der Waals surface area contributed by atoms with Crippen molar-refractivity contribution in [2.45, 2.75) is 32.9 Å². The van der Waals surface area contributed by atoms with E-state index in [9.17, 15) is 4.79 Å². The zero-order valence-electron chi connectivity index (χ0n) is 17.4. The van der Waals surface area contributed by atoms with E-state index in [-0.39, 0.29) is 11.9 Å². The van der Waals surface area contributed by atoms with Crippen LogP contribution in [0.2, 0.25) is 5.02 Å². The molecule has 0 fully saturated rings. The summed E-state index contributed by atoms with van der Waals surface area (Å²) in [4.78, 5) is 13.1. The van der Waals surface area contributed by atoms with Crippen molar-refractivity contribution in [3.05, 3.63) is 94.0 Å². The summed E-state index contributed by atoms with van der Waals surface area (Å²) in [6.45, 7) is 4.40. The molecule has 4 nitrogen and oxygen atoms in total.